The van der Waals surface area contributed by atoms with Gasteiger partial charge in [-0.2, -0.15) is 65.9 Å². The van der Waals surface area contributed by atoms with Crippen LogP contribution in [0, 0.1) is 0 Å². The maximum Gasteiger partial charge on any atom is 0.419 e. The lowest BCUT2D eigenvalue weighted by Crippen LogP contribution is -2.34. The summed E-state index contributed by atoms with van der Waals surface area (Å²) in [6.07, 6.45) is -36.4. The van der Waals surface area contributed by atoms with Crippen LogP contribution in [0.5, 0.6) is 0 Å². The van der Waals surface area contributed by atoms with E-state index in [9.17, 15) is 65.9 Å². The molecule has 18 heteroatoms. The molecule has 1 unspecified atom stereocenters. The third kappa shape index (κ3) is 5.81. The van der Waals surface area contributed by atoms with Crippen molar-refractivity contribution in [2.24, 2.45) is 0 Å². The molecule has 0 aliphatic rings. The van der Waals surface area contributed by atoms with Crippen molar-refractivity contribution in [1.29, 1.82) is 0 Å². The highest BCUT2D eigenvalue weighted by Gasteiger charge is 2.60. The van der Waals surface area contributed by atoms with Gasteiger partial charge in [0.05, 0.1) is 46.2 Å². The standard InChI is InChI=1S/C14H8F15NO2/c15-10(16,17)4-5(11(18,19)20)7(13(24,25)26)9(30-1-3(32)2-31)8(14(27,28)29)6(4)12(21,22)23/h3,30-32H,1-2H2. The van der Waals surface area contributed by atoms with E-state index in [1.165, 1.54) is 0 Å². The maximum absolute atomic E-state index is 13.3. The smallest absolute Gasteiger partial charge is 0.394 e. The Balaban J connectivity index is 4.57. The zero-order chi connectivity index (χ0) is 25.7. The van der Waals surface area contributed by atoms with Crippen LogP contribution in [0.3, 0.4) is 0 Å². The number of halogens is 15. The second kappa shape index (κ2) is 8.35. The fourth-order valence-corrected chi connectivity index (χ4v) is 2.63. The molecule has 1 atom stereocenters. The molecule has 0 radical (unpaired) electrons. The average molecular weight is 507 g/mol. The molecular formula is C14H8F15NO2. The Bertz CT molecular complexity index is 776. The van der Waals surface area contributed by atoms with Crippen LogP contribution in [0.2, 0.25) is 0 Å². The molecule has 0 heterocycles. The molecule has 32 heavy (non-hydrogen) atoms. The molecule has 1 aromatic carbocycles. The number of alkyl halides is 15. The maximum atomic E-state index is 13.3. The molecular weight excluding hydrogens is 499 g/mol. The van der Waals surface area contributed by atoms with Crippen molar-refractivity contribution in [2.45, 2.75) is 37.0 Å². The summed E-state index contributed by atoms with van der Waals surface area (Å²) in [4.78, 5) is 0. The third-order valence-corrected chi connectivity index (χ3v) is 3.64. The Morgan fingerprint density at radius 1 is 0.531 bits per heavy atom. The number of anilines is 1. The van der Waals surface area contributed by atoms with E-state index < -0.39 is 83.6 Å². The largest absolute Gasteiger partial charge is 0.419 e. The summed E-state index contributed by atoms with van der Waals surface area (Å²) in [5, 5.41) is 18.4. The highest BCUT2D eigenvalue weighted by atomic mass is 19.4. The van der Waals surface area contributed by atoms with Gasteiger partial charge in [0.2, 0.25) is 0 Å². The van der Waals surface area contributed by atoms with Crippen LogP contribution >= 0.6 is 0 Å². The fraction of sp³-hybridized carbons (Fsp3) is 0.571. The number of benzene rings is 1. The Morgan fingerprint density at radius 2 is 0.781 bits per heavy atom. The van der Waals surface area contributed by atoms with Gasteiger partial charge >= 0.3 is 30.9 Å². The lowest BCUT2D eigenvalue weighted by molar-refractivity contribution is -0.188. The van der Waals surface area contributed by atoms with E-state index in [0.717, 1.165) is 5.32 Å². The van der Waals surface area contributed by atoms with Gasteiger partial charge in [0.25, 0.3) is 0 Å². The summed E-state index contributed by atoms with van der Waals surface area (Å²) in [6.45, 7) is -3.13. The Kier molecular flexibility index (Phi) is 7.28. The molecule has 186 valence electrons. The van der Waals surface area contributed by atoms with Gasteiger partial charge in [-0.25, -0.2) is 0 Å². The number of aliphatic hydroxyl groups is 2. The topological polar surface area (TPSA) is 52.5 Å². The molecule has 0 aromatic heterocycles. The summed E-state index contributed by atoms with van der Waals surface area (Å²) in [7, 11) is 0. The average Bonchev–Trinajstić information content (AvgIpc) is 2.52. The zero-order valence-corrected chi connectivity index (χ0v) is 14.6. The van der Waals surface area contributed by atoms with Gasteiger partial charge in [-0.1, -0.05) is 0 Å². The van der Waals surface area contributed by atoms with E-state index in [1.54, 1.807) is 0 Å². The van der Waals surface area contributed by atoms with E-state index in [0.29, 0.717) is 0 Å². The SMILES string of the molecule is OCC(O)CNc1c(C(F)(F)F)c(C(F)(F)F)c(C(F)(F)F)c(C(F)(F)F)c1C(F)(F)F. The molecule has 1 aromatic rings. The normalized spacial score (nSPS) is 15.2. The van der Waals surface area contributed by atoms with Crippen LogP contribution in [0.1, 0.15) is 27.8 Å². The minimum Gasteiger partial charge on any atom is -0.394 e. The van der Waals surface area contributed by atoms with Crippen molar-refractivity contribution in [3.8, 4) is 0 Å². The lowest BCUT2D eigenvalue weighted by atomic mass is 9.87. The molecule has 0 bridgehead atoms. The van der Waals surface area contributed by atoms with Crippen molar-refractivity contribution in [1.82, 2.24) is 0 Å². The quantitative estimate of drug-likeness (QED) is 0.469. The van der Waals surface area contributed by atoms with Crippen LogP contribution in [-0.2, 0) is 30.9 Å². The molecule has 0 spiro atoms. The van der Waals surface area contributed by atoms with Crippen molar-refractivity contribution < 1.29 is 76.1 Å². The Morgan fingerprint density at radius 3 is 1.00 bits per heavy atom. The molecule has 0 amide bonds. The molecule has 0 fully saturated rings. The van der Waals surface area contributed by atoms with Gasteiger partial charge in [0.15, 0.2) is 0 Å². The number of hydrogen-bond acceptors (Lipinski definition) is 3. The van der Waals surface area contributed by atoms with Crippen LogP contribution in [0.25, 0.3) is 0 Å². The summed E-state index contributed by atoms with van der Waals surface area (Å²) in [5.41, 5.74) is -22.9. The molecule has 0 aliphatic heterocycles. The monoisotopic (exact) mass is 507 g/mol. The predicted octanol–water partition coefficient (Wildman–Crippen LogP) is 5.55. The first-order valence-electron chi connectivity index (χ1n) is 7.58. The predicted molar refractivity (Wildman–Crippen MR) is 73.0 cm³/mol. The van der Waals surface area contributed by atoms with E-state index in [-0.39, 0.29) is 0 Å². The summed E-state index contributed by atoms with van der Waals surface area (Å²) in [5.74, 6) is 0. The van der Waals surface area contributed by atoms with Crippen molar-refractivity contribution in [3.63, 3.8) is 0 Å². The van der Waals surface area contributed by atoms with Crippen LogP contribution in [0.4, 0.5) is 71.5 Å². The minimum absolute atomic E-state index is 0.832. The molecule has 0 saturated carbocycles. The fourth-order valence-electron chi connectivity index (χ4n) is 2.63. The number of aliphatic hydroxyl groups excluding tert-OH is 2. The summed E-state index contributed by atoms with van der Waals surface area (Å²) in [6, 6.07) is 0. The van der Waals surface area contributed by atoms with Gasteiger partial charge in [-0.3, -0.25) is 0 Å². The van der Waals surface area contributed by atoms with Crippen LogP contribution in [-0.4, -0.2) is 29.5 Å². The van der Waals surface area contributed by atoms with Crippen molar-refractivity contribution >= 4 is 5.69 Å². The second-order valence-electron chi connectivity index (χ2n) is 5.96. The van der Waals surface area contributed by atoms with Gasteiger partial charge in [0, 0.05) is 6.54 Å². The first-order chi connectivity index (χ1) is 14.0. The number of nitrogens with one attached hydrogen (secondary N) is 1. The number of rotatable bonds is 4. The Labute approximate surface area is 166 Å². The molecule has 3 N–H and O–H groups in total. The zero-order valence-electron chi connectivity index (χ0n) is 14.6. The van der Waals surface area contributed by atoms with Crippen molar-refractivity contribution in [2.75, 3.05) is 18.5 Å². The van der Waals surface area contributed by atoms with Gasteiger partial charge in [-0.05, 0) is 0 Å². The second-order valence-corrected chi connectivity index (χ2v) is 5.96. The van der Waals surface area contributed by atoms with Gasteiger partial charge < -0.3 is 15.5 Å². The first kappa shape index (κ1) is 27.9. The molecule has 0 aliphatic carbocycles. The Hall–Kier alpha value is -2.11. The lowest BCUT2D eigenvalue weighted by Gasteiger charge is -2.31. The highest BCUT2D eigenvalue weighted by Crippen LogP contribution is 2.58. The van der Waals surface area contributed by atoms with Gasteiger partial charge in [0.1, 0.15) is 0 Å². The summed E-state index contributed by atoms with van der Waals surface area (Å²) < 4.78 is 199. The van der Waals surface area contributed by atoms with E-state index in [1.807, 2.05) is 0 Å². The molecule has 1 rings (SSSR count). The van der Waals surface area contributed by atoms with Crippen LogP contribution in [0.15, 0.2) is 0 Å². The van der Waals surface area contributed by atoms with Gasteiger partial charge in [-0.15, -0.1) is 0 Å². The first-order valence-corrected chi connectivity index (χ1v) is 7.58. The third-order valence-electron chi connectivity index (χ3n) is 3.64. The van der Waals surface area contributed by atoms with Crippen molar-refractivity contribution in [3.05, 3.63) is 27.8 Å². The van der Waals surface area contributed by atoms with E-state index in [4.69, 9.17) is 10.2 Å². The number of hydrogen-bond donors (Lipinski definition) is 3. The highest BCUT2D eigenvalue weighted by molar-refractivity contribution is 5.70. The van der Waals surface area contributed by atoms with E-state index in [2.05, 4.69) is 0 Å². The molecule has 0 saturated heterocycles. The molecule has 3 nitrogen and oxygen atoms in total. The van der Waals surface area contributed by atoms with E-state index >= 15 is 0 Å². The van der Waals surface area contributed by atoms with Crippen LogP contribution < -0.4 is 5.32 Å². The minimum atomic E-state index is -6.97. The summed E-state index contributed by atoms with van der Waals surface area (Å²) >= 11 is 0.